The summed E-state index contributed by atoms with van der Waals surface area (Å²) in [5, 5.41) is 4.53. The van der Waals surface area contributed by atoms with Crippen LogP contribution in [0.25, 0.3) is 0 Å². The Morgan fingerprint density at radius 2 is 1.88 bits per heavy atom. The summed E-state index contributed by atoms with van der Waals surface area (Å²) in [7, 11) is 0. The van der Waals surface area contributed by atoms with Crippen molar-refractivity contribution in [3.63, 3.8) is 0 Å². The highest BCUT2D eigenvalue weighted by Crippen LogP contribution is 2.54. The molecular weight excluding hydrogens is 320 g/mol. The molecule has 1 amide bonds. The standard InChI is InChI=1S/C23H32N2O/c1-16-14-19-12-9-13-22(3,4)20(19)15-23(16,5)17(2)24-25-21(26)18-10-7-6-8-11-18/h6-8,10-11,16H,9,12-15H2,1-5H3,(H,25,26)/b24-17-/t16-,23+/m1/s1. The van der Waals surface area contributed by atoms with Crippen LogP contribution in [0.5, 0.6) is 0 Å². The Balaban J connectivity index is 1.81. The first kappa shape index (κ1) is 18.9. The van der Waals surface area contributed by atoms with Crippen molar-refractivity contribution in [3.05, 3.63) is 47.0 Å². The van der Waals surface area contributed by atoms with Crippen LogP contribution in [0.1, 0.15) is 77.1 Å². The zero-order chi connectivity index (χ0) is 18.9. The Bertz CT molecular complexity index is 745. The van der Waals surface area contributed by atoms with E-state index in [0.717, 1.165) is 18.6 Å². The molecule has 1 aromatic rings. The fraction of sp³-hybridized carbons (Fsp3) is 0.565. The van der Waals surface area contributed by atoms with Crippen LogP contribution < -0.4 is 5.43 Å². The van der Waals surface area contributed by atoms with Crippen molar-refractivity contribution in [2.75, 3.05) is 0 Å². The highest BCUT2D eigenvalue weighted by molar-refractivity contribution is 5.96. The monoisotopic (exact) mass is 352 g/mol. The predicted octanol–water partition coefficient (Wildman–Crippen LogP) is 5.74. The number of benzene rings is 1. The molecule has 3 nitrogen and oxygen atoms in total. The Kier molecular flexibility index (Phi) is 5.09. The molecule has 3 heteroatoms. The van der Waals surface area contributed by atoms with E-state index in [1.807, 2.05) is 30.3 Å². The topological polar surface area (TPSA) is 41.5 Å². The Hall–Kier alpha value is -1.90. The van der Waals surface area contributed by atoms with Crippen molar-refractivity contribution in [1.29, 1.82) is 0 Å². The highest BCUT2D eigenvalue weighted by atomic mass is 16.2. The third-order valence-corrected chi connectivity index (χ3v) is 6.90. The average molecular weight is 353 g/mol. The van der Waals surface area contributed by atoms with Gasteiger partial charge in [0.1, 0.15) is 0 Å². The number of nitrogens with one attached hydrogen (secondary N) is 1. The van der Waals surface area contributed by atoms with Gasteiger partial charge < -0.3 is 0 Å². The summed E-state index contributed by atoms with van der Waals surface area (Å²) in [4.78, 5) is 12.3. The van der Waals surface area contributed by atoms with Gasteiger partial charge in [0, 0.05) is 16.7 Å². The summed E-state index contributed by atoms with van der Waals surface area (Å²) >= 11 is 0. The van der Waals surface area contributed by atoms with Gasteiger partial charge in [-0.3, -0.25) is 4.79 Å². The first-order valence-electron chi connectivity index (χ1n) is 9.85. The van der Waals surface area contributed by atoms with E-state index in [1.165, 1.54) is 19.3 Å². The number of hydrazone groups is 1. The molecule has 0 heterocycles. The van der Waals surface area contributed by atoms with Crippen LogP contribution in [-0.2, 0) is 0 Å². The first-order valence-corrected chi connectivity index (χ1v) is 9.85. The lowest BCUT2D eigenvalue weighted by molar-refractivity contribution is 0.0953. The van der Waals surface area contributed by atoms with Crippen molar-refractivity contribution >= 4 is 11.6 Å². The van der Waals surface area contributed by atoms with Gasteiger partial charge in [-0.05, 0) is 62.5 Å². The van der Waals surface area contributed by atoms with Gasteiger partial charge in [-0.15, -0.1) is 0 Å². The molecule has 0 fully saturated rings. The van der Waals surface area contributed by atoms with E-state index in [0.29, 0.717) is 16.9 Å². The summed E-state index contributed by atoms with van der Waals surface area (Å²) in [6, 6.07) is 9.27. The van der Waals surface area contributed by atoms with E-state index in [1.54, 1.807) is 11.1 Å². The largest absolute Gasteiger partial charge is 0.271 e. The minimum Gasteiger partial charge on any atom is -0.267 e. The number of carbonyl (C=O) groups is 1. The lowest BCUT2D eigenvalue weighted by atomic mass is 9.57. The van der Waals surface area contributed by atoms with Crippen LogP contribution in [0.2, 0.25) is 0 Å². The van der Waals surface area contributed by atoms with Gasteiger partial charge in [0.05, 0.1) is 0 Å². The van der Waals surface area contributed by atoms with Gasteiger partial charge in [-0.1, -0.05) is 57.0 Å². The number of hydrogen-bond acceptors (Lipinski definition) is 2. The third kappa shape index (κ3) is 3.49. The molecular formula is C23H32N2O. The van der Waals surface area contributed by atoms with Crippen molar-refractivity contribution in [3.8, 4) is 0 Å². The van der Waals surface area contributed by atoms with Crippen molar-refractivity contribution in [1.82, 2.24) is 5.43 Å². The quantitative estimate of drug-likeness (QED) is 0.421. The Labute approximate surface area is 158 Å². The molecule has 0 radical (unpaired) electrons. The molecule has 26 heavy (non-hydrogen) atoms. The smallest absolute Gasteiger partial charge is 0.267 e. The van der Waals surface area contributed by atoms with Gasteiger partial charge in [-0.25, -0.2) is 5.43 Å². The molecule has 1 N–H and O–H groups in total. The predicted molar refractivity (Wildman–Crippen MR) is 108 cm³/mol. The zero-order valence-electron chi connectivity index (χ0n) is 16.9. The molecule has 3 rings (SSSR count). The summed E-state index contributed by atoms with van der Waals surface area (Å²) in [5.41, 5.74) is 8.07. The van der Waals surface area contributed by atoms with Crippen LogP contribution in [-0.4, -0.2) is 11.6 Å². The van der Waals surface area contributed by atoms with Crippen molar-refractivity contribution < 1.29 is 4.79 Å². The third-order valence-electron chi connectivity index (χ3n) is 6.90. The van der Waals surface area contributed by atoms with E-state index >= 15 is 0 Å². The number of nitrogens with zero attached hydrogens (tertiary/aromatic N) is 1. The minimum absolute atomic E-state index is 0.00257. The maximum atomic E-state index is 12.3. The van der Waals surface area contributed by atoms with E-state index in [9.17, 15) is 4.79 Å². The molecule has 0 spiro atoms. The van der Waals surface area contributed by atoms with E-state index in [-0.39, 0.29) is 11.3 Å². The van der Waals surface area contributed by atoms with Gasteiger partial charge in [0.25, 0.3) is 5.91 Å². The fourth-order valence-corrected chi connectivity index (χ4v) is 4.65. The number of rotatable bonds is 3. The summed E-state index contributed by atoms with van der Waals surface area (Å²) in [5.74, 6) is 0.391. The maximum absolute atomic E-state index is 12.3. The first-order chi connectivity index (χ1) is 12.2. The van der Waals surface area contributed by atoms with Crippen LogP contribution in [0.4, 0.5) is 0 Å². The Morgan fingerprint density at radius 1 is 1.19 bits per heavy atom. The van der Waals surface area contributed by atoms with Gasteiger partial charge >= 0.3 is 0 Å². The zero-order valence-corrected chi connectivity index (χ0v) is 16.9. The number of amides is 1. The van der Waals surface area contributed by atoms with E-state index < -0.39 is 0 Å². The van der Waals surface area contributed by atoms with Crippen molar-refractivity contribution in [2.45, 2.75) is 66.7 Å². The lowest BCUT2D eigenvalue weighted by Crippen LogP contribution is -2.41. The molecule has 2 aliphatic rings. The van der Waals surface area contributed by atoms with Gasteiger partial charge in [-0.2, -0.15) is 5.10 Å². The van der Waals surface area contributed by atoms with Crippen LogP contribution in [0.15, 0.2) is 46.6 Å². The second kappa shape index (κ2) is 7.02. The molecule has 140 valence electrons. The fourth-order valence-electron chi connectivity index (χ4n) is 4.65. The van der Waals surface area contributed by atoms with Gasteiger partial charge in [0.15, 0.2) is 0 Å². The SMILES string of the molecule is C/C(=N/NC(=O)c1ccccc1)[C@@]1(C)CC2=C(CCCC2(C)C)C[C@H]1C. The number of allylic oxidation sites excluding steroid dienone is 2. The van der Waals surface area contributed by atoms with Crippen LogP contribution in [0.3, 0.4) is 0 Å². The van der Waals surface area contributed by atoms with E-state index in [2.05, 4.69) is 45.1 Å². The Morgan fingerprint density at radius 3 is 2.58 bits per heavy atom. The van der Waals surface area contributed by atoms with Crippen LogP contribution >= 0.6 is 0 Å². The maximum Gasteiger partial charge on any atom is 0.271 e. The molecule has 1 aromatic carbocycles. The normalized spacial score (nSPS) is 28.5. The minimum atomic E-state index is -0.144. The number of carbonyl (C=O) groups excluding carboxylic acids is 1. The van der Waals surface area contributed by atoms with Crippen molar-refractivity contribution in [2.24, 2.45) is 21.8 Å². The summed E-state index contributed by atoms with van der Waals surface area (Å²) in [6.45, 7) is 11.5. The average Bonchev–Trinajstić information content (AvgIpc) is 2.61. The summed E-state index contributed by atoms with van der Waals surface area (Å²) < 4.78 is 0. The molecule has 0 bridgehead atoms. The molecule has 0 aliphatic heterocycles. The number of hydrogen-bond donors (Lipinski definition) is 1. The molecule has 0 unspecified atom stereocenters. The molecule has 0 saturated heterocycles. The second-order valence-corrected chi connectivity index (χ2v) is 9.02. The highest BCUT2D eigenvalue weighted by Gasteiger charge is 2.44. The second-order valence-electron chi connectivity index (χ2n) is 9.02. The lowest BCUT2D eigenvalue weighted by Gasteiger charge is -2.48. The molecule has 0 aromatic heterocycles. The van der Waals surface area contributed by atoms with E-state index in [4.69, 9.17) is 0 Å². The van der Waals surface area contributed by atoms with Gasteiger partial charge in [0.2, 0.25) is 0 Å². The summed E-state index contributed by atoms with van der Waals surface area (Å²) in [6.07, 6.45) is 6.08. The molecule has 0 saturated carbocycles. The molecule has 2 atom stereocenters. The molecule has 2 aliphatic carbocycles. The van der Waals surface area contributed by atoms with Crippen LogP contribution in [0, 0.1) is 16.7 Å².